The molecule has 1 aromatic carbocycles. The van der Waals surface area contributed by atoms with Crippen LogP contribution < -0.4 is 10.2 Å². The third-order valence-corrected chi connectivity index (χ3v) is 3.13. The highest BCUT2D eigenvalue weighted by atomic mass is 35.5. The molecule has 1 aliphatic rings. The zero-order valence-corrected chi connectivity index (χ0v) is 11.5. The molecule has 1 atom stereocenters. The molecule has 0 spiro atoms. The molecule has 0 radical (unpaired) electrons. The number of benzene rings is 1. The van der Waals surface area contributed by atoms with Gasteiger partial charge in [-0.05, 0) is 31.2 Å². The minimum atomic E-state index is -2.68. The van der Waals surface area contributed by atoms with Crippen LogP contribution >= 0.6 is 11.6 Å². The number of hydroxylamine groups is 1. The van der Waals surface area contributed by atoms with Gasteiger partial charge in [-0.2, -0.15) is 0 Å². The SMILES string of the molecule is CC(Oc1ccc(Cl)cc1)C(=O)NOC1CC(F)(F)C1. The van der Waals surface area contributed by atoms with Gasteiger partial charge in [0.2, 0.25) is 0 Å². The summed E-state index contributed by atoms with van der Waals surface area (Å²) >= 11 is 5.72. The summed E-state index contributed by atoms with van der Waals surface area (Å²) in [6.07, 6.45) is -2.20. The molecule has 20 heavy (non-hydrogen) atoms. The normalized spacial score (nSPS) is 19.0. The van der Waals surface area contributed by atoms with E-state index in [1.54, 1.807) is 24.3 Å². The topological polar surface area (TPSA) is 47.6 Å². The molecule has 1 saturated carbocycles. The Balaban J connectivity index is 1.73. The summed E-state index contributed by atoms with van der Waals surface area (Å²) in [6, 6.07) is 6.52. The van der Waals surface area contributed by atoms with E-state index in [0.29, 0.717) is 10.8 Å². The minimum absolute atomic E-state index is 0.375. The van der Waals surface area contributed by atoms with Crippen molar-refractivity contribution < 1.29 is 23.1 Å². The largest absolute Gasteiger partial charge is 0.481 e. The Hall–Kier alpha value is -1.40. The molecule has 0 heterocycles. The molecular weight excluding hydrogens is 292 g/mol. The number of amides is 1. The van der Waals surface area contributed by atoms with Crippen LogP contribution in [0.1, 0.15) is 19.8 Å². The number of ether oxygens (including phenoxy) is 1. The van der Waals surface area contributed by atoms with Crippen LogP contribution in [0.2, 0.25) is 5.02 Å². The quantitative estimate of drug-likeness (QED) is 0.851. The zero-order valence-electron chi connectivity index (χ0n) is 10.7. The van der Waals surface area contributed by atoms with Crippen molar-refractivity contribution in [3.05, 3.63) is 29.3 Å². The van der Waals surface area contributed by atoms with Crippen LogP contribution in [0.3, 0.4) is 0 Å². The van der Waals surface area contributed by atoms with E-state index in [2.05, 4.69) is 5.48 Å². The first-order valence-electron chi connectivity index (χ1n) is 6.11. The zero-order chi connectivity index (χ0) is 14.8. The van der Waals surface area contributed by atoms with Crippen LogP contribution in [0.25, 0.3) is 0 Å². The molecule has 0 aromatic heterocycles. The molecule has 0 aliphatic heterocycles. The minimum Gasteiger partial charge on any atom is -0.481 e. The van der Waals surface area contributed by atoms with Crippen molar-refractivity contribution in [3.8, 4) is 5.75 Å². The maximum atomic E-state index is 12.6. The summed E-state index contributed by atoms with van der Waals surface area (Å²) in [6.45, 7) is 1.53. The third kappa shape index (κ3) is 4.05. The Labute approximate surface area is 120 Å². The molecule has 1 fully saturated rings. The highest BCUT2D eigenvalue weighted by Gasteiger charge is 2.46. The Morgan fingerprint density at radius 3 is 2.55 bits per heavy atom. The van der Waals surface area contributed by atoms with Gasteiger partial charge in [-0.15, -0.1) is 0 Å². The molecule has 1 aromatic rings. The molecule has 4 nitrogen and oxygen atoms in total. The van der Waals surface area contributed by atoms with Gasteiger partial charge in [0.05, 0.1) is 6.10 Å². The summed E-state index contributed by atoms with van der Waals surface area (Å²) < 4.78 is 30.5. The van der Waals surface area contributed by atoms with Crippen molar-refractivity contribution >= 4 is 17.5 Å². The Bertz CT molecular complexity index is 473. The van der Waals surface area contributed by atoms with E-state index in [1.165, 1.54) is 6.92 Å². The monoisotopic (exact) mass is 305 g/mol. The number of carbonyl (C=O) groups is 1. The van der Waals surface area contributed by atoms with Crippen molar-refractivity contribution in [1.82, 2.24) is 5.48 Å². The van der Waals surface area contributed by atoms with Crippen LogP contribution in [0.4, 0.5) is 8.78 Å². The third-order valence-electron chi connectivity index (χ3n) is 2.87. The number of hydrogen-bond acceptors (Lipinski definition) is 3. The molecule has 0 bridgehead atoms. The number of carbonyl (C=O) groups excluding carboxylic acids is 1. The van der Waals surface area contributed by atoms with E-state index >= 15 is 0 Å². The lowest BCUT2D eigenvalue weighted by molar-refractivity contribution is -0.194. The Morgan fingerprint density at radius 2 is 2.00 bits per heavy atom. The van der Waals surface area contributed by atoms with Crippen molar-refractivity contribution in [2.75, 3.05) is 0 Å². The molecule has 0 saturated heterocycles. The van der Waals surface area contributed by atoms with Gasteiger partial charge < -0.3 is 4.74 Å². The van der Waals surface area contributed by atoms with Crippen molar-refractivity contribution in [2.24, 2.45) is 0 Å². The summed E-state index contributed by atoms with van der Waals surface area (Å²) in [5, 5.41) is 0.559. The van der Waals surface area contributed by atoms with Crippen LogP contribution in [0, 0.1) is 0 Å². The van der Waals surface area contributed by atoms with Gasteiger partial charge in [0.15, 0.2) is 6.10 Å². The van der Waals surface area contributed by atoms with E-state index in [0.717, 1.165) is 0 Å². The fraction of sp³-hybridized carbons (Fsp3) is 0.462. The average Bonchev–Trinajstić information content (AvgIpc) is 2.36. The van der Waals surface area contributed by atoms with Crippen molar-refractivity contribution in [2.45, 2.75) is 37.9 Å². The van der Waals surface area contributed by atoms with Gasteiger partial charge >= 0.3 is 0 Å². The lowest BCUT2D eigenvalue weighted by atomic mass is 9.91. The second kappa shape index (κ2) is 5.93. The smallest absolute Gasteiger partial charge is 0.284 e. The summed E-state index contributed by atoms with van der Waals surface area (Å²) in [5.74, 6) is -2.73. The van der Waals surface area contributed by atoms with Crippen LogP contribution in [-0.4, -0.2) is 24.0 Å². The lowest BCUT2D eigenvalue weighted by Gasteiger charge is -2.34. The second-order valence-electron chi connectivity index (χ2n) is 4.68. The molecule has 1 N–H and O–H groups in total. The molecule has 1 amide bonds. The van der Waals surface area contributed by atoms with Gasteiger partial charge in [0, 0.05) is 17.9 Å². The van der Waals surface area contributed by atoms with Gasteiger partial charge in [0.1, 0.15) is 5.75 Å². The van der Waals surface area contributed by atoms with Crippen LogP contribution in [0.5, 0.6) is 5.75 Å². The first-order chi connectivity index (χ1) is 9.35. The number of rotatable bonds is 5. The van der Waals surface area contributed by atoms with Crippen molar-refractivity contribution in [3.63, 3.8) is 0 Å². The van der Waals surface area contributed by atoms with Gasteiger partial charge in [-0.3, -0.25) is 9.63 Å². The predicted octanol–water partition coefficient (Wildman–Crippen LogP) is 2.95. The molecule has 1 unspecified atom stereocenters. The average molecular weight is 306 g/mol. The maximum Gasteiger partial charge on any atom is 0.284 e. The first-order valence-corrected chi connectivity index (χ1v) is 6.49. The highest BCUT2D eigenvalue weighted by Crippen LogP contribution is 2.38. The van der Waals surface area contributed by atoms with Crippen LogP contribution in [-0.2, 0) is 9.63 Å². The molecule has 2 rings (SSSR count). The predicted molar refractivity (Wildman–Crippen MR) is 68.7 cm³/mol. The van der Waals surface area contributed by atoms with Crippen molar-refractivity contribution in [1.29, 1.82) is 0 Å². The van der Waals surface area contributed by atoms with E-state index in [9.17, 15) is 13.6 Å². The maximum absolute atomic E-state index is 12.6. The summed E-state index contributed by atoms with van der Waals surface area (Å²) in [7, 11) is 0. The van der Waals surface area contributed by atoms with E-state index in [-0.39, 0.29) is 12.8 Å². The first kappa shape index (κ1) is 15.0. The van der Waals surface area contributed by atoms with E-state index in [4.69, 9.17) is 21.2 Å². The van der Waals surface area contributed by atoms with Gasteiger partial charge in [-0.1, -0.05) is 11.6 Å². The summed E-state index contributed by atoms with van der Waals surface area (Å²) in [4.78, 5) is 16.5. The molecular formula is C13H14ClF2NO3. The van der Waals surface area contributed by atoms with E-state index < -0.39 is 24.0 Å². The Morgan fingerprint density at radius 1 is 1.40 bits per heavy atom. The lowest BCUT2D eigenvalue weighted by Crippen LogP contribution is -2.47. The van der Waals surface area contributed by atoms with Gasteiger partial charge in [0.25, 0.3) is 11.8 Å². The number of halogens is 3. The Kier molecular flexibility index (Phi) is 4.45. The number of alkyl halides is 2. The van der Waals surface area contributed by atoms with Gasteiger partial charge in [-0.25, -0.2) is 14.3 Å². The molecule has 7 heteroatoms. The molecule has 110 valence electrons. The second-order valence-corrected chi connectivity index (χ2v) is 5.12. The molecule has 1 aliphatic carbocycles. The number of nitrogens with one attached hydrogen (secondary N) is 1. The highest BCUT2D eigenvalue weighted by molar-refractivity contribution is 6.30. The number of hydrogen-bond donors (Lipinski definition) is 1. The standard InChI is InChI=1S/C13H14ClF2NO3/c1-8(19-10-4-2-9(14)3-5-10)12(18)17-20-11-6-13(15,16)7-11/h2-5,8,11H,6-7H2,1H3,(H,17,18). The van der Waals surface area contributed by atoms with Crippen LogP contribution in [0.15, 0.2) is 24.3 Å². The summed E-state index contributed by atoms with van der Waals surface area (Å²) in [5.41, 5.74) is 2.13. The fourth-order valence-corrected chi connectivity index (χ4v) is 1.81. The fourth-order valence-electron chi connectivity index (χ4n) is 1.68. The van der Waals surface area contributed by atoms with E-state index in [1.807, 2.05) is 0 Å².